The van der Waals surface area contributed by atoms with Gasteiger partial charge in [-0.1, -0.05) is 111 Å². The molecule has 0 spiro atoms. The molecule has 2 atom stereocenters. The second kappa shape index (κ2) is 12.9. The van der Waals surface area contributed by atoms with Crippen LogP contribution in [0.2, 0.25) is 0 Å². The summed E-state index contributed by atoms with van der Waals surface area (Å²) in [7, 11) is 2.43. The zero-order chi connectivity index (χ0) is 27.3. The molecule has 0 N–H and O–H groups in total. The molecule has 0 amide bonds. The number of rotatable bonds is 9. The number of benzene rings is 4. The van der Waals surface area contributed by atoms with Gasteiger partial charge in [-0.15, -0.1) is 0 Å². The monoisotopic (exact) mass is 566 g/mol. The molecule has 0 bridgehead atoms. The molecule has 4 aromatic rings. The molecule has 0 heterocycles. The van der Waals surface area contributed by atoms with Crippen LogP contribution in [0.5, 0.6) is 11.5 Å². The predicted octanol–water partition coefficient (Wildman–Crippen LogP) is 9.13. The highest BCUT2D eigenvalue weighted by atomic mass is 32.1. The van der Waals surface area contributed by atoms with Crippen molar-refractivity contribution in [3.05, 3.63) is 103 Å². The van der Waals surface area contributed by atoms with Gasteiger partial charge in [-0.2, -0.15) is 0 Å². The zero-order valence-electron chi connectivity index (χ0n) is 23.8. The van der Waals surface area contributed by atoms with Gasteiger partial charge in [-0.25, -0.2) is 0 Å². The van der Waals surface area contributed by atoms with Crippen molar-refractivity contribution in [1.29, 1.82) is 0 Å². The largest absolute Gasteiger partial charge is 0.496 e. The minimum absolute atomic E-state index is 0.547. The van der Waals surface area contributed by atoms with Crippen LogP contribution in [0.25, 0.3) is 11.1 Å². The first kappa shape index (κ1) is 27.5. The average Bonchev–Trinajstić information content (AvgIpc) is 3.76. The lowest BCUT2D eigenvalue weighted by atomic mass is 9.98. The fraction of sp³-hybridized carbons (Fsp3) is 0.333. The van der Waals surface area contributed by atoms with Gasteiger partial charge in [-0.05, 0) is 86.1 Å². The van der Waals surface area contributed by atoms with Crippen LogP contribution in [-0.2, 0) is 0 Å². The highest BCUT2D eigenvalue weighted by molar-refractivity contribution is 8.39. The van der Waals surface area contributed by atoms with E-state index < -0.39 is 15.2 Å². The van der Waals surface area contributed by atoms with Crippen molar-refractivity contribution in [2.45, 2.75) is 62.9 Å². The molecule has 6 rings (SSSR count). The highest BCUT2D eigenvalue weighted by Crippen LogP contribution is 2.72. The molecule has 0 saturated heterocycles. The van der Waals surface area contributed by atoms with E-state index in [2.05, 4.69) is 97.1 Å². The van der Waals surface area contributed by atoms with E-state index in [-0.39, 0.29) is 0 Å². The van der Waals surface area contributed by atoms with E-state index in [1.807, 2.05) is 0 Å². The first-order valence-electron chi connectivity index (χ1n) is 14.8. The summed E-state index contributed by atoms with van der Waals surface area (Å²) in [5, 5.41) is 4.45. The Morgan fingerprint density at radius 3 is 1.88 bits per heavy atom. The number of hydrogen-bond donors (Lipinski definition) is 0. The molecule has 0 aromatic heterocycles. The van der Waals surface area contributed by atoms with E-state index in [4.69, 9.17) is 9.47 Å². The van der Waals surface area contributed by atoms with Gasteiger partial charge < -0.3 is 9.47 Å². The lowest BCUT2D eigenvalue weighted by Gasteiger charge is -2.36. The smallest absolute Gasteiger partial charge is 0.127 e. The maximum Gasteiger partial charge on any atom is 0.127 e. The van der Waals surface area contributed by atoms with Gasteiger partial charge >= 0.3 is 0 Å². The fourth-order valence-electron chi connectivity index (χ4n) is 6.73. The van der Waals surface area contributed by atoms with E-state index in [0.717, 1.165) is 23.0 Å². The lowest BCUT2D eigenvalue weighted by Crippen LogP contribution is -2.21. The van der Waals surface area contributed by atoms with E-state index in [1.54, 1.807) is 14.2 Å². The molecule has 2 nitrogen and oxygen atoms in total. The van der Waals surface area contributed by atoms with Crippen LogP contribution < -0.4 is 25.4 Å². The third-order valence-corrected chi connectivity index (χ3v) is 17.1. The van der Waals surface area contributed by atoms with Gasteiger partial charge in [0.2, 0.25) is 0 Å². The SMILES string of the molecule is COc1ccccc1-c1c(OC)cccc1P(C1CCCC1)[P@](c1ccccc1)c1ccc(C2CCCC2)cc1. The summed E-state index contributed by atoms with van der Waals surface area (Å²) in [6, 6.07) is 36.4. The second-order valence-electron chi connectivity index (χ2n) is 11.1. The van der Waals surface area contributed by atoms with Crippen molar-refractivity contribution in [1.82, 2.24) is 0 Å². The summed E-state index contributed by atoms with van der Waals surface area (Å²) < 4.78 is 12.0. The second-order valence-corrected chi connectivity index (χ2v) is 17.1. The summed E-state index contributed by atoms with van der Waals surface area (Å²) in [5.41, 5.74) is 4.57. The van der Waals surface area contributed by atoms with Crippen LogP contribution >= 0.6 is 15.2 Å². The maximum absolute atomic E-state index is 6.08. The fourth-order valence-corrected chi connectivity index (χ4v) is 16.0. The first-order chi connectivity index (χ1) is 19.8. The Hall–Kier alpha value is -2.66. The van der Waals surface area contributed by atoms with Crippen LogP contribution in [-0.4, -0.2) is 19.9 Å². The molecule has 2 fully saturated rings. The molecule has 206 valence electrons. The van der Waals surface area contributed by atoms with E-state index in [1.165, 1.54) is 78.4 Å². The molecule has 0 aliphatic heterocycles. The molecule has 4 heteroatoms. The summed E-state index contributed by atoms with van der Waals surface area (Å²) in [5.74, 6) is 2.58. The number of para-hydroxylation sites is 1. The maximum atomic E-state index is 6.08. The molecule has 1 unspecified atom stereocenters. The van der Waals surface area contributed by atoms with Gasteiger partial charge in [-0.3, -0.25) is 0 Å². The van der Waals surface area contributed by atoms with Crippen LogP contribution in [0.4, 0.5) is 0 Å². The molecule has 4 aromatic carbocycles. The average molecular weight is 567 g/mol. The quantitative estimate of drug-likeness (QED) is 0.188. The van der Waals surface area contributed by atoms with Crippen molar-refractivity contribution in [3.8, 4) is 22.6 Å². The first-order valence-corrected chi connectivity index (χ1v) is 18.3. The lowest BCUT2D eigenvalue weighted by molar-refractivity contribution is 0.410. The van der Waals surface area contributed by atoms with E-state index in [9.17, 15) is 0 Å². The summed E-state index contributed by atoms with van der Waals surface area (Å²) >= 11 is 0. The minimum atomic E-state index is -0.596. The number of hydrogen-bond acceptors (Lipinski definition) is 2. The van der Waals surface area contributed by atoms with Gasteiger partial charge in [0.15, 0.2) is 0 Å². The highest BCUT2D eigenvalue weighted by Gasteiger charge is 2.37. The number of methoxy groups -OCH3 is 2. The minimum Gasteiger partial charge on any atom is -0.496 e. The Bertz CT molecular complexity index is 1390. The van der Waals surface area contributed by atoms with Gasteiger partial charge in [0.25, 0.3) is 0 Å². The molecular formula is C36H40O2P2. The van der Waals surface area contributed by atoms with E-state index in [0.29, 0.717) is 5.66 Å². The Kier molecular flexibility index (Phi) is 8.86. The van der Waals surface area contributed by atoms with Crippen molar-refractivity contribution in [2.24, 2.45) is 0 Å². The topological polar surface area (TPSA) is 18.5 Å². The van der Waals surface area contributed by atoms with Crippen LogP contribution in [0.1, 0.15) is 62.8 Å². The van der Waals surface area contributed by atoms with Gasteiger partial charge in [0, 0.05) is 11.1 Å². The Morgan fingerprint density at radius 2 is 1.18 bits per heavy atom. The third-order valence-electron chi connectivity index (χ3n) is 8.70. The zero-order valence-corrected chi connectivity index (χ0v) is 25.5. The molecule has 2 aliphatic rings. The Labute approximate surface area is 242 Å². The predicted molar refractivity (Wildman–Crippen MR) is 174 cm³/mol. The van der Waals surface area contributed by atoms with Crippen LogP contribution in [0.15, 0.2) is 97.1 Å². The molecule has 40 heavy (non-hydrogen) atoms. The van der Waals surface area contributed by atoms with E-state index >= 15 is 0 Å². The van der Waals surface area contributed by atoms with Gasteiger partial charge in [0.1, 0.15) is 11.5 Å². The summed E-state index contributed by atoms with van der Waals surface area (Å²) in [6.45, 7) is 0. The summed E-state index contributed by atoms with van der Waals surface area (Å²) in [4.78, 5) is 0. The van der Waals surface area contributed by atoms with Gasteiger partial charge in [0.05, 0.1) is 14.2 Å². The Morgan fingerprint density at radius 1 is 0.575 bits per heavy atom. The Balaban J connectivity index is 1.55. The van der Waals surface area contributed by atoms with Crippen LogP contribution in [0, 0.1) is 0 Å². The van der Waals surface area contributed by atoms with Crippen molar-refractivity contribution in [3.63, 3.8) is 0 Å². The van der Waals surface area contributed by atoms with Crippen molar-refractivity contribution >= 4 is 31.1 Å². The molecular weight excluding hydrogens is 526 g/mol. The molecule has 0 radical (unpaired) electrons. The normalized spacial score (nSPS) is 17.6. The standard InChI is InChI=1S/C36H40O2P2/c1-37-33-20-11-10-19-32(33)36-34(38-2)21-12-22-35(36)40(30-17-8-9-18-30)39(29-15-4-3-5-16-29)31-25-23-28(24-26-31)27-13-6-7-14-27/h3-5,10-12,15-16,19-27,30H,6-9,13-14,17-18H2,1-2H3/t39-,40?/m1/s1. The van der Waals surface area contributed by atoms with Crippen LogP contribution in [0.3, 0.4) is 0 Å². The third kappa shape index (κ3) is 5.59. The number of ether oxygens (including phenoxy) is 2. The summed E-state index contributed by atoms with van der Waals surface area (Å²) in [6.07, 6.45) is 10.7. The molecule has 2 aliphatic carbocycles. The molecule has 2 saturated carbocycles. The van der Waals surface area contributed by atoms with Crippen molar-refractivity contribution < 1.29 is 9.47 Å². The van der Waals surface area contributed by atoms with Crippen molar-refractivity contribution in [2.75, 3.05) is 14.2 Å².